The Bertz CT molecular complexity index is 431. The van der Waals surface area contributed by atoms with Crippen molar-refractivity contribution in [1.29, 1.82) is 0 Å². The summed E-state index contributed by atoms with van der Waals surface area (Å²) in [5.41, 5.74) is 0. The smallest absolute Gasteiger partial charge is 0.324 e. The van der Waals surface area contributed by atoms with E-state index in [1.165, 1.54) is 57.8 Å². The molecule has 0 radical (unpaired) electrons. The zero-order chi connectivity index (χ0) is 17.2. The molecule has 0 rings (SSSR count). The average Bonchev–Trinajstić information content (AvgIpc) is 2.49. The Labute approximate surface area is 142 Å². The van der Waals surface area contributed by atoms with Crippen molar-refractivity contribution in [1.82, 2.24) is 0 Å². The lowest BCUT2D eigenvalue weighted by atomic mass is 10.1. The normalized spacial score (nSPS) is 10.6. The van der Waals surface area contributed by atoms with Gasteiger partial charge in [0.25, 0.3) is 0 Å². The fraction of sp³-hybridized carbons (Fsp3) is 0.789. The summed E-state index contributed by atoms with van der Waals surface area (Å²) in [5.74, 6) is 11.4. The van der Waals surface area contributed by atoms with Gasteiger partial charge in [-0.3, -0.25) is 4.57 Å². The average molecular weight is 340 g/mol. The lowest BCUT2D eigenvalue weighted by Crippen LogP contribution is -1.86. The molecule has 0 aromatic carbocycles. The summed E-state index contributed by atoms with van der Waals surface area (Å²) in [6.45, 7) is 2.25. The van der Waals surface area contributed by atoms with Crippen molar-refractivity contribution in [3.63, 3.8) is 0 Å². The molecule has 0 aliphatic carbocycles. The Kier molecular flexibility index (Phi) is 15.6. The summed E-state index contributed by atoms with van der Waals surface area (Å²) in [7, 11) is -3.86. The molecule has 0 bridgehead atoms. The Hall–Kier alpha value is -0.730. The zero-order valence-electron chi connectivity index (χ0n) is 14.6. The second-order valence-electron chi connectivity index (χ2n) is 6.03. The van der Waals surface area contributed by atoms with Crippen LogP contribution in [0, 0.1) is 23.7 Å². The van der Waals surface area contributed by atoms with E-state index in [1.54, 1.807) is 0 Å². The van der Waals surface area contributed by atoms with Crippen LogP contribution in [0.1, 0.15) is 90.4 Å². The minimum Gasteiger partial charge on any atom is -0.324 e. The molecule has 0 aliphatic rings. The van der Waals surface area contributed by atoms with E-state index in [0.717, 1.165) is 12.8 Å². The van der Waals surface area contributed by atoms with Gasteiger partial charge >= 0.3 is 7.60 Å². The van der Waals surface area contributed by atoms with Gasteiger partial charge in [0.1, 0.15) is 0 Å². The summed E-state index contributed by atoms with van der Waals surface area (Å²) in [4.78, 5) is 17.4. The van der Waals surface area contributed by atoms with Crippen molar-refractivity contribution >= 4 is 7.60 Å². The van der Waals surface area contributed by atoms with Gasteiger partial charge in [-0.05, 0) is 24.7 Å². The van der Waals surface area contributed by atoms with Crippen molar-refractivity contribution in [2.75, 3.05) is 6.16 Å². The third-order valence-electron chi connectivity index (χ3n) is 3.65. The second kappa shape index (κ2) is 16.1. The summed E-state index contributed by atoms with van der Waals surface area (Å²) in [5, 5.41) is 0. The number of rotatable bonds is 13. The van der Waals surface area contributed by atoms with Gasteiger partial charge < -0.3 is 9.79 Å². The van der Waals surface area contributed by atoms with Gasteiger partial charge in [0, 0.05) is 12.8 Å². The summed E-state index contributed by atoms with van der Waals surface area (Å²) in [6.07, 6.45) is 15.0. The molecule has 0 saturated heterocycles. The van der Waals surface area contributed by atoms with Crippen LogP contribution in [0.25, 0.3) is 0 Å². The van der Waals surface area contributed by atoms with Gasteiger partial charge in [-0.25, -0.2) is 0 Å². The quantitative estimate of drug-likeness (QED) is 0.273. The van der Waals surface area contributed by atoms with Crippen LogP contribution in [0.4, 0.5) is 0 Å². The van der Waals surface area contributed by atoms with Crippen LogP contribution in [0.3, 0.4) is 0 Å². The number of hydrogen-bond donors (Lipinski definition) is 2. The van der Waals surface area contributed by atoms with Gasteiger partial charge in [0.2, 0.25) is 0 Å². The van der Waals surface area contributed by atoms with E-state index in [-0.39, 0.29) is 6.16 Å². The molecule has 0 amide bonds. The maximum atomic E-state index is 10.6. The standard InChI is InChI=1S/C19H33O3P/c1-2-3-4-5-6-7-8-9-10-11-12-13-14-15-16-17-18-19-23(20,21)22/h2-12,17-19H2,1H3,(H2,20,21,22). The highest BCUT2D eigenvalue weighted by atomic mass is 31.2. The molecule has 0 atom stereocenters. The Morgan fingerprint density at radius 2 is 1.13 bits per heavy atom. The van der Waals surface area contributed by atoms with Crippen LogP contribution in [-0.2, 0) is 4.57 Å². The van der Waals surface area contributed by atoms with E-state index in [0.29, 0.717) is 12.8 Å². The van der Waals surface area contributed by atoms with E-state index in [2.05, 4.69) is 30.6 Å². The first-order valence-electron chi connectivity index (χ1n) is 9.06. The van der Waals surface area contributed by atoms with Crippen molar-refractivity contribution in [2.24, 2.45) is 0 Å². The fourth-order valence-corrected chi connectivity index (χ4v) is 2.86. The summed E-state index contributed by atoms with van der Waals surface area (Å²) < 4.78 is 10.6. The number of hydrogen-bond acceptors (Lipinski definition) is 1. The Morgan fingerprint density at radius 1 is 0.696 bits per heavy atom. The number of unbranched alkanes of at least 4 members (excludes halogenated alkanes) is 11. The minimum atomic E-state index is -3.86. The highest BCUT2D eigenvalue weighted by molar-refractivity contribution is 7.51. The molecule has 132 valence electrons. The molecule has 0 fully saturated rings. The first-order valence-corrected chi connectivity index (χ1v) is 10.9. The lowest BCUT2D eigenvalue weighted by Gasteiger charge is -2.00. The van der Waals surface area contributed by atoms with Crippen LogP contribution in [0.5, 0.6) is 0 Å². The highest BCUT2D eigenvalue weighted by Gasteiger charge is 2.10. The second-order valence-corrected chi connectivity index (χ2v) is 7.80. The van der Waals surface area contributed by atoms with Crippen LogP contribution < -0.4 is 0 Å². The molecule has 2 N–H and O–H groups in total. The monoisotopic (exact) mass is 340 g/mol. The largest absolute Gasteiger partial charge is 0.325 e. The van der Waals surface area contributed by atoms with Gasteiger partial charge in [-0.1, -0.05) is 76.6 Å². The molecule has 4 heteroatoms. The van der Waals surface area contributed by atoms with Crippen molar-refractivity contribution in [3.05, 3.63) is 0 Å². The third-order valence-corrected chi connectivity index (χ3v) is 4.54. The van der Waals surface area contributed by atoms with Crippen molar-refractivity contribution < 1.29 is 14.4 Å². The molecule has 0 heterocycles. The zero-order valence-corrected chi connectivity index (χ0v) is 15.5. The molecule has 0 unspecified atom stereocenters. The maximum Gasteiger partial charge on any atom is 0.325 e. The highest BCUT2D eigenvalue weighted by Crippen LogP contribution is 2.35. The first-order chi connectivity index (χ1) is 11.1. The Balaban J connectivity index is 3.32. The lowest BCUT2D eigenvalue weighted by molar-refractivity contribution is 0.372. The predicted molar refractivity (Wildman–Crippen MR) is 98.2 cm³/mol. The molecule has 0 aliphatic heterocycles. The molecule has 0 saturated carbocycles. The van der Waals surface area contributed by atoms with E-state index in [9.17, 15) is 4.57 Å². The van der Waals surface area contributed by atoms with Gasteiger partial charge in [0.05, 0.1) is 6.16 Å². The van der Waals surface area contributed by atoms with Crippen molar-refractivity contribution in [2.45, 2.75) is 90.4 Å². The van der Waals surface area contributed by atoms with Crippen LogP contribution >= 0.6 is 7.60 Å². The van der Waals surface area contributed by atoms with Crippen LogP contribution in [0.15, 0.2) is 0 Å². The van der Waals surface area contributed by atoms with E-state index in [1.807, 2.05) is 0 Å². The van der Waals surface area contributed by atoms with Crippen molar-refractivity contribution in [3.8, 4) is 23.7 Å². The summed E-state index contributed by atoms with van der Waals surface area (Å²) in [6, 6.07) is 0. The topological polar surface area (TPSA) is 57.5 Å². The maximum absolute atomic E-state index is 10.6. The van der Waals surface area contributed by atoms with Crippen LogP contribution in [0.2, 0.25) is 0 Å². The van der Waals surface area contributed by atoms with E-state index >= 15 is 0 Å². The third kappa shape index (κ3) is 21.3. The predicted octanol–water partition coefficient (Wildman–Crippen LogP) is 5.26. The van der Waals surface area contributed by atoms with Gasteiger partial charge in [-0.15, -0.1) is 0 Å². The van der Waals surface area contributed by atoms with Gasteiger partial charge in [-0.2, -0.15) is 0 Å². The molecule has 0 spiro atoms. The van der Waals surface area contributed by atoms with E-state index < -0.39 is 7.60 Å². The first kappa shape index (κ1) is 22.3. The van der Waals surface area contributed by atoms with Crippen LogP contribution in [-0.4, -0.2) is 15.9 Å². The molecule has 3 nitrogen and oxygen atoms in total. The molecular weight excluding hydrogens is 307 g/mol. The Morgan fingerprint density at radius 3 is 1.61 bits per heavy atom. The molecule has 0 aromatic rings. The minimum absolute atomic E-state index is 0.0896. The molecule has 23 heavy (non-hydrogen) atoms. The van der Waals surface area contributed by atoms with Gasteiger partial charge in [0.15, 0.2) is 0 Å². The molecule has 0 aromatic heterocycles. The SMILES string of the molecule is CCCCCCCCCCCCC#CC#CCCCP(=O)(O)O. The fourth-order valence-electron chi connectivity index (χ4n) is 2.29. The molecular formula is C19H33O3P. The summed E-state index contributed by atoms with van der Waals surface area (Å²) >= 11 is 0. The van der Waals surface area contributed by atoms with E-state index in [4.69, 9.17) is 9.79 Å².